The highest BCUT2D eigenvalue weighted by molar-refractivity contribution is 7.18. The van der Waals surface area contributed by atoms with Gasteiger partial charge in [0.2, 0.25) is 11.8 Å². The molecule has 0 saturated carbocycles. The molecule has 2 saturated heterocycles. The van der Waals surface area contributed by atoms with Crippen molar-refractivity contribution in [1.29, 1.82) is 0 Å². The Labute approximate surface area is 180 Å². The molecule has 4 heterocycles. The van der Waals surface area contributed by atoms with Gasteiger partial charge in [0.1, 0.15) is 10.9 Å². The third-order valence-corrected chi connectivity index (χ3v) is 7.20. The lowest BCUT2D eigenvalue weighted by Crippen LogP contribution is -2.54. The highest BCUT2D eigenvalue weighted by Crippen LogP contribution is 2.32. The van der Waals surface area contributed by atoms with E-state index in [1.54, 1.807) is 4.90 Å². The second-order valence-corrected chi connectivity index (χ2v) is 9.59. The van der Waals surface area contributed by atoms with Crippen LogP contribution in [0.15, 0.2) is 12.4 Å². The van der Waals surface area contributed by atoms with Crippen LogP contribution in [0.1, 0.15) is 61.3 Å². The number of amides is 3. The fraction of sp³-hybridized carbons (Fsp3) is 0.619. The number of aryl methyl sites for hydroxylation is 1. The summed E-state index contributed by atoms with van der Waals surface area (Å²) in [7, 11) is 0. The fourth-order valence-electron chi connectivity index (χ4n) is 4.62. The van der Waals surface area contributed by atoms with Crippen molar-refractivity contribution in [2.45, 2.75) is 64.5 Å². The number of carbonyl (C=O) groups excluding carboxylic acids is 3. The van der Waals surface area contributed by atoms with Crippen molar-refractivity contribution < 1.29 is 14.4 Å². The molecule has 30 heavy (non-hydrogen) atoms. The van der Waals surface area contributed by atoms with Gasteiger partial charge in [-0.25, -0.2) is 4.98 Å². The number of likely N-dealkylation sites (tertiary alicyclic amines) is 2. The first-order chi connectivity index (χ1) is 14.3. The lowest BCUT2D eigenvalue weighted by molar-refractivity contribution is -0.135. The lowest BCUT2D eigenvalue weighted by Gasteiger charge is -2.36. The van der Waals surface area contributed by atoms with E-state index in [0.29, 0.717) is 37.4 Å². The molecule has 0 bridgehead atoms. The zero-order valence-electron chi connectivity index (χ0n) is 17.8. The van der Waals surface area contributed by atoms with Crippen LogP contribution in [0.5, 0.6) is 0 Å². The largest absolute Gasteiger partial charge is 0.352 e. The standard InChI is InChI=1S/C21H29N5O3S/c1-4-9-25-15(6-7-17(25)27)18(28)22-13-21(3)8-5-10-26(21)19(29)16-12-24-11-14(2)23-20(24)30-16/h11-12,15H,4-10,13H2,1-3H3,(H,22,28). The van der Waals surface area contributed by atoms with E-state index in [9.17, 15) is 14.4 Å². The molecule has 2 aromatic heterocycles. The van der Waals surface area contributed by atoms with Crippen molar-refractivity contribution in [3.05, 3.63) is 23.0 Å². The van der Waals surface area contributed by atoms with E-state index >= 15 is 0 Å². The zero-order chi connectivity index (χ0) is 21.5. The average molecular weight is 432 g/mol. The van der Waals surface area contributed by atoms with Crippen molar-refractivity contribution in [3.8, 4) is 0 Å². The van der Waals surface area contributed by atoms with Gasteiger partial charge in [0.15, 0.2) is 4.96 Å². The molecular weight excluding hydrogens is 402 g/mol. The van der Waals surface area contributed by atoms with Gasteiger partial charge in [-0.15, -0.1) is 0 Å². The second kappa shape index (κ2) is 8.02. The van der Waals surface area contributed by atoms with Gasteiger partial charge in [-0.1, -0.05) is 18.3 Å². The van der Waals surface area contributed by atoms with Crippen LogP contribution in [0, 0.1) is 6.92 Å². The van der Waals surface area contributed by atoms with Crippen molar-refractivity contribution in [2.24, 2.45) is 0 Å². The second-order valence-electron chi connectivity index (χ2n) is 8.58. The first-order valence-electron chi connectivity index (χ1n) is 10.7. The Morgan fingerprint density at radius 2 is 2.17 bits per heavy atom. The van der Waals surface area contributed by atoms with Crippen LogP contribution in [0.25, 0.3) is 4.96 Å². The number of aromatic nitrogens is 2. The molecule has 3 amide bonds. The third kappa shape index (κ3) is 3.71. The topological polar surface area (TPSA) is 87.0 Å². The van der Waals surface area contributed by atoms with E-state index in [-0.39, 0.29) is 23.8 Å². The number of thiazole rings is 1. The molecule has 2 atom stereocenters. The summed E-state index contributed by atoms with van der Waals surface area (Å²) in [5, 5.41) is 3.04. The van der Waals surface area contributed by atoms with Gasteiger partial charge in [0, 0.05) is 38.4 Å². The molecule has 2 aromatic rings. The molecule has 8 nitrogen and oxygen atoms in total. The average Bonchev–Trinajstić information content (AvgIpc) is 3.44. The number of hydrogen-bond acceptors (Lipinski definition) is 5. The molecule has 162 valence electrons. The number of fused-ring (bicyclic) bond motifs is 1. The Morgan fingerprint density at radius 1 is 1.37 bits per heavy atom. The Bertz CT molecular complexity index is 951. The summed E-state index contributed by atoms with van der Waals surface area (Å²) < 4.78 is 1.89. The molecule has 0 aromatic carbocycles. The Balaban J connectivity index is 1.43. The minimum Gasteiger partial charge on any atom is -0.352 e. The maximum Gasteiger partial charge on any atom is 0.266 e. The molecule has 0 aliphatic carbocycles. The zero-order valence-corrected chi connectivity index (χ0v) is 18.6. The number of nitrogens with one attached hydrogen (secondary N) is 1. The van der Waals surface area contributed by atoms with Crippen LogP contribution in [-0.2, 0) is 9.59 Å². The molecule has 1 N–H and O–H groups in total. The SMILES string of the molecule is CCCN1C(=O)CCC1C(=O)NCC1(C)CCCN1C(=O)c1cn2cc(C)nc2s1. The first kappa shape index (κ1) is 20.8. The number of rotatable bonds is 6. The summed E-state index contributed by atoms with van der Waals surface area (Å²) in [6, 6.07) is -0.389. The Kier molecular flexibility index (Phi) is 5.57. The molecule has 4 rings (SSSR count). The van der Waals surface area contributed by atoms with Gasteiger partial charge in [-0.05, 0) is 39.5 Å². The summed E-state index contributed by atoms with van der Waals surface area (Å²) in [6.07, 6.45) is 7.33. The highest BCUT2D eigenvalue weighted by atomic mass is 32.1. The summed E-state index contributed by atoms with van der Waals surface area (Å²) in [5.74, 6) is -0.0697. The maximum atomic E-state index is 13.2. The van der Waals surface area contributed by atoms with Crippen LogP contribution in [0.4, 0.5) is 0 Å². The summed E-state index contributed by atoms with van der Waals surface area (Å²) in [6.45, 7) is 7.65. The smallest absolute Gasteiger partial charge is 0.266 e. The van der Waals surface area contributed by atoms with Gasteiger partial charge in [0.25, 0.3) is 5.91 Å². The van der Waals surface area contributed by atoms with E-state index in [2.05, 4.69) is 10.3 Å². The van der Waals surface area contributed by atoms with E-state index < -0.39 is 5.54 Å². The molecule has 2 unspecified atom stereocenters. The van der Waals surface area contributed by atoms with Crippen molar-refractivity contribution in [1.82, 2.24) is 24.5 Å². The van der Waals surface area contributed by atoms with Gasteiger partial charge in [0.05, 0.1) is 11.2 Å². The Hall–Kier alpha value is -2.42. The van der Waals surface area contributed by atoms with Gasteiger partial charge in [-0.2, -0.15) is 0 Å². The van der Waals surface area contributed by atoms with Crippen LogP contribution >= 0.6 is 11.3 Å². The van der Waals surface area contributed by atoms with E-state index in [4.69, 9.17) is 0 Å². The first-order valence-corrected chi connectivity index (χ1v) is 11.5. The summed E-state index contributed by atoms with van der Waals surface area (Å²) in [4.78, 5) is 47.6. The lowest BCUT2D eigenvalue weighted by atomic mass is 9.98. The predicted molar refractivity (Wildman–Crippen MR) is 115 cm³/mol. The minimum absolute atomic E-state index is 0.0129. The van der Waals surface area contributed by atoms with Crippen molar-refractivity contribution >= 4 is 34.0 Å². The van der Waals surface area contributed by atoms with Gasteiger partial charge in [-0.3, -0.25) is 18.8 Å². The quantitative estimate of drug-likeness (QED) is 0.760. The monoisotopic (exact) mass is 431 g/mol. The fourth-order valence-corrected chi connectivity index (χ4v) is 5.58. The molecule has 0 spiro atoms. The van der Waals surface area contributed by atoms with Crippen LogP contribution in [-0.4, -0.2) is 68.1 Å². The van der Waals surface area contributed by atoms with Crippen molar-refractivity contribution in [3.63, 3.8) is 0 Å². The summed E-state index contributed by atoms with van der Waals surface area (Å²) in [5.41, 5.74) is 0.490. The van der Waals surface area contributed by atoms with Crippen LogP contribution in [0.2, 0.25) is 0 Å². The Morgan fingerprint density at radius 3 is 2.90 bits per heavy atom. The minimum atomic E-state index is -0.438. The number of nitrogens with zero attached hydrogens (tertiary/aromatic N) is 4. The van der Waals surface area contributed by atoms with Crippen molar-refractivity contribution in [2.75, 3.05) is 19.6 Å². The van der Waals surface area contributed by atoms with Gasteiger partial charge >= 0.3 is 0 Å². The van der Waals surface area contributed by atoms with Crippen LogP contribution < -0.4 is 5.32 Å². The number of carbonyl (C=O) groups is 3. The van der Waals surface area contributed by atoms with E-state index in [1.807, 2.05) is 42.5 Å². The third-order valence-electron chi connectivity index (χ3n) is 6.22. The van der Waals surface area contributed by atoms with E-state index in [0.717, 1.165) is 29.9 Å². The van der Waals surface area contributed by atoms with Crippen LogP contribution in [0.3, 0.4) is 0 Å². The van der Waals surface area contributed by atoms with Gasteiger partial charge < -0.3 is 15.1 Å². The predicted octanol–water partition coefficient (Wildman–Crippen LogP) is 2.22. The number of imidazole rings is 1. The normalized spacial score (nSPS) is 24.2. The summed E-state index contributed by atoms with van der Waals surface area (Å²) >= 11 is 1.39. The molecule has 0 radical (unpaired) electrons. The molecule has 2 fully saturated rings. The molecule has 2 aliphatic heterocycles. The molecule has 2 aliphatic rings. The highest BCUT2D eigenvalue weighted by Gasteiger charge is 2.42. The molecule has 9 heteroatoms. The maximum absolute atomic E-state index is 13.2. The van der Waals surface area contributed by atoms with E-state index in [1.165, 1.54) is 11.3 Å². The number of hydrogen-bond donors (Lipinski definition) is 1. The molecular formula is C21H29N5O3S.